The normalized spacial score (nSPS) is 9.92. The van der Waals surface area contributed by atoms with Crippen molar-refractivity contribution in [1.82, 2.24) is 0 Å². The first-order valence-corrected chi connectivity index (χ1v) is 4.85. The van der Waals surface area contributed by atoms with Gasteiger partial charge in [-0.15, -0.1) is 0 Å². The Morgan fingerprint density at radius 2 is 2.08 bits per heavy atom. The second-order valence-corrected chi connectivity index (χ2v) is 3.84. The van der Waals surface area contributed by atoms with E-state index in [1.165, 1.54) is 12.0 Å². The van der Waals surface area contributed by atoms with Crippen molar-refractivity contribution in [3.63, 3.8) is 0 Å². The minimum Gasteiger partial charge on any atom is -0.497 e. The van der Waals surface area contributed by atoms with Crippen LogP contribution in [0.15, 0.2) is 27.6 Å². The Balaban J connectivity index is 2.87. The molecule has 1 rings (SSSR count). The molecule has 0 unspecified atom stereocenters. The van der Waals surface area contributed by atoms with Gasteiger partial charge in [-0.05, 0) is 34.1 Å². The monoisotopic (exact) mass is 248 g/mol. The van der Waals surface area contributed by atoms with Gasteiger partial charge in [-0.3, -0.25) is 0 Å². The molecule has 0 radical (unpaired) electrons. The van der Waals surface area contributed by atoms with E-state index in [1.807, 2.05) is 18.2 Å². The van der Waals surface area contributed by atoms with Crippen molar-refractivity contribution < 1.29 is 8.92 Å². The van der Waals surface area contributed by atoms with Crippen molar-refractivity contribution in [2.75, 3.05) is 14.2 Å². The molecule has 0 N–H and O–H groups in total. The summed E-state index contributed by atoms with van der Waals surface area (Å²) in [6, 6.07) is 5.74. The molecule has 0 aromatic heterocycles. The summed E-state index contributed by atoms with van der Waals surface area (Å²) in [6.07, 6.45) is 0. The molecule has 0 spiro atoms. The van der Waals surface area contributed by atoms with Gasteiger partial charge in [-0.2, -0.15) is 0 Å². The minimum atomic E-state index is 0.835. The third-order valence-electron chi connectivity index (χ3n) is 1.31. The predicted molar refractivity (Wildman–Crippen MR) is 53.6 cm³/mol. The van der Waals surface area contributed by atoms with Crippen LogP contribution in [0.1, 0.15) is 0 Å². The van der Waals surface area contributed by atoms with Crippen molar-refractivity contribution in [3.8, 4) is 5.75 Å². The Hall–Kier alpha value is -0.190. The van der Waals surface area contributed by atoms with Gasteiger partial charge in [-0.25, -0.2) is 0 Å². The van der Waals surface area contributed by atoms with E-state index in [9.17, 15) is 0 Å². The number of rotatable bonds is 3. The van der Waals surface area contributed by atoms with Crippen molar-refractivity contribution in [3.05, 3.63) is 22.7 Å². The molecule has 2 nitrogen and oxygen atoms in total. The third-order valence-corrected chi connectivity index (χ3v) is 2.93. The maximum atomic E-state index is 5.05. The summed E-state index contributed by atoms with van der Waals surface area (Å²) in [5.74, 6) is 0.835. The van der Waals surface area contributed by atoms with Crippen LogP contribution in [0.4, 0.5) is 0 Å². The molecule has 0 aliphatic rings. The zero-order chi connectivity index (χ0) is 8.97. The number of methoxy groups -OCH3 is 1. The Morgan fingerprint density at radius 3 is 2.58 bits per heavy atom. The topological polar surface area (TPSA) is 18.5 Å². The highest BCUT2D eigenvalue weighted by atomic mass is 79.9. The number of benzene rings is 1. The van der Waals surface area contributed by atoms with Crippen molar-refractivity contribution in [2.24, 2.45) is 0 Å². The standard InChI is InChI=1S/C8H9BrO2S/c1-10-6-3-4-8(12-11-2)7(9)5-6/h3-5H,1-2H3. The van der Waals surface area contributed by atoms with E-state index in [2.05, 4.69) is 15.9 Å². The van der Waals surface area contributed by atoms with Gasteiger partial charge in [0, 0.05) is 21.4 Å². The van der Waals surface area contributed by atoms with Crippen molar-refractivity contribution in [1.29, 1.82) is 0 Å². The van der Waals surface area contributed by atoms with Gasteiger partial charge in [-0.1, -0.05) is 0 Å². The first-order chi connectivity index (χ1) is 5.77. The molecule has 4 heteroatoms. The number of halogens is 1. The summed E-state index contributed by atoms with van der Waals surface area (Å²) in [4.78, 5) is 1.04. The minimum absolute atomic E-state index is 0.835. The Kier molecular flexibility index (Phi) is 3.91. The molecule has 0 bridgehead atoms. The molecule has 0 amide bonds. The highest BCUT2D eigenvalue weighted by Gasteiger charge is 2.01. The second-order valence-electron chi connectivity index (χ2n) is 2.05. The molecule has 0 aliphatic carbocycles. The maximum absolute atomic E-state index is 5.05. The molecule has 1 aromatic rings. The lowest BCUT2D eigenvalue weighted by molar-refractivity contribution is 0.414. The molecule has 0 heterocycles. The third kappa shape index (κ3) is 2.40. The molecular weight excluding hydrogens is 240 g/mol. The molecule has 0 fully saturated rings. The average Bonchev–Trinajstić information content (AvgIpc) is 2.09. The molecule has 12 heavy (non-hydrogen) atoms. The molecule has 1 aromatic carbocycles. The van der Waals surface area contributed by atoms with E-state index in [-0.39, 0.29) is 0 Å². The fraction of sp³-hybridized carbons (Fsp3) is 0.250. The van der Waals surface area contributed by atoms with Crippen LogP contribution in [-0.4, -0.2) is 14.2 Å². The summed E-state index contributed by atoms with van der Waals surface area (Å²) in [5, 5.41) is 0. The zero-order valence-electron chi connectivity index (χ0n) is 6.83. The zero-order valence-corrected chi connectivity index (χ0v) is 9.24. The van der Waals surface area contributed by atoms with E-state index in [0.717, 1.165) is 15.1 Å². The van der Waals surface area contributed by atoms with E-state index < -0.39 is 0 Å². The molecule has 0 aliphatic heterocycles. The number of hydrogen-bond donors (Lipinski definition) is 0. The maximum Gasteiger partial charge on any atom is 0.120 e. The van der Waals surface area contributed by atoms with Crippen LogP contribution >= 0.6 is 28.0 Å². The highest BCUT2D eigenvalue weighted by Crippen LogP contribution is 2.30. The average molecular weight is 249 g/mol. The van der Waals surface area contributed by atoms with E-state index in [0.29, 0.717) is 0 Å². The SMILES string of the molecule is COSc1ccc(OC)cc1Br. The van der Waals surface area contributed by atoms with Crippen LogP contribution in [0.5, 0.6) is 5.75 Å². The largest absolute Gasteiger partial charge is 0.497 e. The first-order valence-electron chi connectivity index (χ1n) is 3.32. The summed E-state index contributed by atoms with van der Waals surface area (Å²) in [6.45, 7) is 0. The van der Waals surface area contributed by atoms with Gasteiger partial charge in [0.05, 0.1) is 14.2 Å². The lowest BCUT2D eigenvalue weighted by atomic mass is 10.3. The van der Waals surface area contributed by atoms with Gasteiger partial charge < -0.3 is 8.92 Å². The Bertz CT molecular complexity index is 265. The molecule has 66 valence electrons. The summed E-state index contributed by atoms with van der Waals surface area (Å²) < 4.78 is 11.0. The second kappa shape index (κ2) is 4.74. The van der Waals surface area contributed by atoms with Crippen molar-refractivity contribution in [2.45, 2.75) is 4.90 Å². The predicted octanol–water partition coefficient (Wildman–Crippen LogP) is 3.11. The van der Waals surface area contributed by atoms with E-state index in [4.69, 9.17) is 8.92 Å². The van der Waals surface area contributed by atoms with Gasteiger partial charge in [0.15, 0.2) is 0 Å². The first kappa shape index (κ1) is 9.89. The Morgan fingerprint density at radius 1 is 1.33 bits per heavy atom. The van der Waals surface area contributed by atoms with Crippen LogP contribution in [0.2, 0.25) is 0 Å². The van der Waals surface area contributed by atoms with Gasteiger partial charge >= 0.3 is 0 Å². The molecular formula is C8H9BrO2S. The summed E-state index contributed by atoms with van der Waals surface area (Å²) in [5.41, 5.74) is 0. The van der Waals surface area contributed by atoms with Crippen LogP contribution in [0, 0.1) is 0 Å². The summed E-state index contributed by atoms with van der Waals surface area (Å²) in [7, 11) is 3.28. The molecule has 0 saturated carbocycles. The van der Waals surface area contributed by atoms with E-state index >= 15 is 0 Å². The lowest BCUT2D eigenvalue weighted by Gasteiger charge is -2.03. The summed E-state index contributed by atoms with van der Waals surface area (Å²) >= 11 is 4.73. The van der Waals surface area contributed by atoms with Gasteiger partial charge in [0.2, 0.25) is 0 Å². The Labute approximate surface area is 84.6 Å². The van der Waals surface area contributed by atoms with Crippen LogP contribution in [-0.2, 0) is 4.18 Å². The molecule has 0 saturated heterocycles. The van der Waals surface area contributed by atoms with E-state index in [1.54, 1.807) is 14.2 Å². The smallest absolute Gasteiger partial charge is 0.120 e. The van der Waals surface area contributed by atoms with Gasteiger partial charge in [0.1, 0.15) is 5.75 Å². The highest BCUT2D eigenvalue weighted by molar-refractivity contribution is 9.10. The van der Waals surface area contributed by atoms with Crippen LogP contribution < -0.4 is 4.74 Å². The van der Waals surface area contributed by atoms with Crippen LogP contribution in [0.3, 0.4) is 0 Å². The van der Waals surface area contributed by atoms with Crippen LogP contribution in [0.25, 0.3) is 0 Å². The van der Waals surface area contributed by atoms with Crippen molar-refractivity contribution >= 4 is 28.0 Å². The lowest BCUT2D eigenvalue weighted by Crippen LogP contribution is -1.83. The van der Waals surface area contributed by atoms with Gasteiger partial charge in [0.25, 0.3) is 0 Å². The number of hydrogen-bond acceptors (Lipinski definition) is 3. The number of ether oxygens (including phenoxy) is 1. The fourth-order valence-corrected chi connectivity index (χ4v) is 1.76. The fourth-order valence-electron chi connectivity index (χ4n) is 0.766. The quantitative estimate of drug-likeness (QED) is 0.767. The molecule has 0 atom stereocenters.